The summed E-state index contributed by atoms with van der Waals surface area (Å²) in [4.78, 5) is 39.4. The van der Waals surface area contributed by atoms with E-state index >= 15 is 0 Å². The molecule has 0 saturated heterocycles. The van der Waals surface area contributed by atoms with Crippen LogP contribution in [0.3, 0.4) is 0 Å². The Hall–Kier alpha value is -5.01. The first-order valence-electron chi connectivity index (χ1n) is 14.6. The fourth-order valence-electron chi connectivity index (χ4n) is 5.40. The van der Waals surface area contributed by atoms with Gasteiger partial charge in [0, 0.05) is 34.1 Å². The lowest BCUT2D eigenvalue weighted by Gasteiger charge is -2.32. The number of carbonyl (C=O) groups is 3. The van der Waals surface area contributed by atoms with Crippen LogP contribution in [0.4, 0.5) is 11.4 Å². The maximum Gasteiger partial charge on any atom is 0.252 e. The van der Waals surface area contributed by atoms with Crippen LogP contribution in [0.1, 0.15) is 41.8 Å². The van der Waals surface area contributed by atoms with Gasteiger partial charge in [0.05, 0.1) is 12.1 Å². The lowest BCUT2D eigenvalue weighted by molar-refractivity contribution is -0.117. The lowest BCUT2D eigenvalue weighted by atomic mass is 9.82. The number of rotatable bonds is 9. The van der Waals surface area contributed by atoms with E-state index in [1.165, 1.54) is 0 Å². The summed E-state index contributed by atoms with van der Waals surface area (Å²) in [6, 6.07) is 30.9. The number of nitrogens with two attached hydrogens (primary N) is 1. The molecule has 7 heteroatoms. The van der Waals surface area contributed by atoms with Crippen LogP contribution in [0.25, 0.3) is 16.7 Å². The van der Waals surface area contributed by atoms with E-state index < -0.39 is 6.04 Å². The molecular formula is C36H36N4O3. The Kier molecular flexibility index (Phi) is 9.13. The van der Waals surface area contributed by atoms with Crippen molar-refractivity contribution in [3.63, 3.8) is 0 Å². The molecule has 0 radical (unpaired) electrons. The van der Waals surface area contributed by atoms with Gasteiger partial charge in [0.15, 0.2) is 0 Å². The van der Waals surface area contributed by atoms with Crippen molar-refractivity contribution >= 4 is 34.7 Å². The van der Waals surface area contributed by atoms with E-state index in [-0.39, 0.29) is 29.7 Å². The minimum Gasteiger partial charge on any atom is -0.345 e. The number of nitrogens with one attached hydrogen (secondary N) is 3. The molecule has 43 heavy (non-hydrogen) atoms. The summed E-state index contributed by atoms with van der Waals surface area (Å²) in [6.07, 6.45) is 2.84. The minimum atomic E-state index is -0.727. The predicted octanol–water partition coefficient (Wildman–Crippen LogP) is 6.04. The smallest absolute Gasteiger partial charge is 0.252 e. The molecular weight excluding hydrogens is 536 g/mol. The second-order valence-corrected chi connectivity index (χ2v) is 10.8. The van der Waals surface area contributed by atoms with Gasteiger partial charge in [-0.1, -0.05) is 105 Å². The molecule has 0 bridgehead atoms. The first-order valence-corrected chi connectivity index (χ1v) is 14.6. The molecule has 1 heterocycles. The minimum absolute atomic E-state index is 0.132. The van der Waals surface area contributed by atoms with Crippen LogP contribution in [0, 0.1) is 5.92 Å². The maximum absolute atomic E-state index is 13.6. The normalized spacial score (nSPS) is 16.5. The van der Waals surface area contributed by atoms with Crippen molar-refractivity contribution in [1.29, 1.82) is 0 Å². The van der Waals surface area contributed by atoms with Gasteiger partial charge in [0.25, 0.3) is 5.91 Å². The van der Waals surface area contributed by atoms with Gasteiger partial charge in [-0.25, -0.2) is 0 Å². The Morgan fingerprint density at radius 1 is 0.791 bits per heavy atom. The van der Waals surface area contributed by atoms with Crippen LogP contribution in [0.5, 0.6) is 0 Å². The van der Waals surface area contributed by atoms with Gasteiger partial charge in [-0.3, -0.25) is 14.4 Å². The number of amides is 3. The van der Waals surface area contributed by atoms with Crippen LogP contribution >= 0.6 is 0 Å². The highest BCUT2D eigenvalue weighted by Gasteiger charge is 2.32. The van der Waals surface area contributed by atoms with E-state index in [4.69, 9.17) is 5.73 Å². The Labute approximate surface area is 252 Å². The summed E-state index contributed by atoms with van der Waals surface area (Å²) in [5.41, 5.74) is 12.0. The molecule has 0 aliphatic carbocycles. The van der Waals surface area contributed by atoms with E-state index in [1.54, 1.807) is 12.1 Å². The van der Waals surface area contributed by atoms with E-state index in [2.05, 4.69) is 29.8 Å². The zero-order chi connectivity index (χ0) is 30.3. The zero-order valence-corrected chi connectivity index (χ0v) is 24.3. The Morgan fingerprint density at radius 3 is 1.95 bits per heavy atom. The molecule has 0 aromatic heterocycles. The van der Waals surface area contributed by atoms with E-state index in [0.717, 1.165) is 34.2 Å². The molecule has 0 spiro atoms. The monoisotopic (exact) mass is 572 g/mol. The summed E-state index contributed by atoms with van der Waals surface area (Å²) >= 11 is 0. The van der Waals surface area contributed by atoms with Gasteiger partial charge in [-0.05, 0) is 47.2 Å². The van der Waals surface area contributed by atoms with Crippen LogP contribution in [0.15, 0.2) is 109 Å². The largest absolute Gasteiger partial charge is 0.345 e. The van der Waals surface area contributed by atoms with Crippen molar-refractivity contribution in [3.05, 3.63) is 126 Å². The van der Waals surface area contributed by atoms with Crippen molar-refractivity contribution in [2.24, 2.45) is 11.7 Å². The second-order valence-electron chi connectivity index (χ2n) is 10.8. The third kappa shape index (κ3) is 6.74. The van der Waals surface area contributed by atoms with Crippen LogP contribution in [-0.4, -0.2) is 29.8 Å². The number of benzene rings is 4. The van der Waals surface area contributed by atoms with Crippen molar-refractivity contribution in [3.8, 4) is 11.1 Å². The average Bonchev–Trinajstić information content (AvgIpc) is 3.03. The summed E-state index contributed by atoms with van der Waals surface area (Å²) in [6.45, 7) is 4.13. The fraction of sp³-hybridized carbons (Fsp3) is 0.194. The standard InChI is InChI=1S/C36H36N4O3/c1-3-23(2)34-29(25-15-7-8-18-28(25)35(42)40-34)22-33(41)38-31-19-11-9-16-26(31)27-17-10-12-20-32(27)39-36(43)30(37)21-24-13-5-4-6-14-24/h4-20,22-23,30,34H,3,21,37H2,1-2H3,(H,38,41)(H,39,43)(H,40,42)/b29-22+/t23?,30-,34?/m0/s1. The lowest BCUT2D eigenvalue weighted by Crippen LogP contribution is -2.44. The topological polar surface area (TPSA) is 113 Å². The molecule has 2 unspecified atom stereocenters. The molecule has 1 aliphatic heterocycles. The molecule has 1 aliphatic rings. The van der Waals surface area contributed by atoms with Crippen LogP contribution < -0.4 is 21.7 Å². The molecule has 5 rings (SSSR count). The van der Waals surface area contributed by atoms with Gasteiger partial charge in [0.1, 0.15) is 0 Å². The fourth-order valence-corrected chi connectivity index (χ4v) is 5.40. The Morgan fingerprint density at radius 2 is 1.33 bits per heavy atom. The third-order valence-electron chi connectivity index (χ3n) is 7.90. The highest BCUT2D eigenvalue weighted by Crippen LogP contribution is 2.35. The summed E-state index contributed by atoms with van der Waals surface area (Å²) in [5, 5.41) is 9.12. The van der Waals surface area contributed by atoms with Crippen molar-refractivity contribution in [2.75, 3.05) is 10.6 Å². The molecule has 5 N–H and O–H groups in total. The SMILES string of the molecule is CCC(C)C1NC(=O)c2ccccc2/C1=C\C(=O)Nc1ccccc1-c1ccccc1NC(=O)[C@@H](N)Cc1ccccc1. The van der Waals surface area contributed by atoms with Crippen molar-refractivity contribution < 1.29 is 14.4 Å². The predicted molar refractivity (Wildman–Crippen MR) is 172 cm³/mol. The third-order valence-corrected chi connectivity index (χ3v) is 7.90. The highest BCUT2D eigenvalue weighted by molar-refractivity contribution is 6.11. The van der Waals surface area contributed by atoms with Crippen molar-refractivity contribution in [1.82, 2.24) is 5.32 Å². The number of hydrogen-bond donors (Lipinski definition) is 4. The first kappa shape index (κ1) is 29.5. The average molecular weight is 573 g/mol. The summed E-state index contributed by atoms with van der Waals surface area (Å²) in [5.74, 6) is -0.608. The number of fused-ring (bicyclic) bond motifs is 1. The molecule has 3 amide bonds. The zero-order valence-electron chi connectivity index (χ0n) is 24.3. The van der Waals surface area contributed by atoms with E-state index in [1.807, 2.05) is 97.1 Å². The quantitative estimate of drug-likeness (QED) is 0.183. The Bertz CT molecular complexity index is 1660. The molecule has 0 fully saturated rings. The number of anilines is 2. The summed E-state index contributed by atoms with van der Waals surface area (Å²) in [7, 11) is 0. The molecule has 3 atom stereocenters. The number of carbonyl (C=O) groups excluding carboxylic acids is 3. The molecule has 4 aromatic carbocycles. The Balaban J connectivity index is 1.41. The number of hydrogen-bond acceptors (Lipinski definition) is 4. The highest BCUT2D eigenvalue weighted by atomic mass is 16.2. The van der Waals surface area contributed by atoms with Gasteiger partial charge in [-0.2, -0.15) is 0 Å². The second kappa shape index (κ2) is 13.3. The van der Waals surface area contributed by atoms with Gasteiger partial charge in [-0.15, -0.1) is 0 Å². The molecule has 4 aromatic rings. The van der Waals surface area contributed by atoms with Gasteiger partial charge in [0.2, 0.25) is 11.8 Å². The van der Waals surface area contributed by atoms with E-state index in [9.17, 15) is 14.4 Å². The van der Waals surface area contributed by atoms with Crippen LogP contribution in [-0.2, 0) is 16.0 Å². The summed E-state index contributed by atoms with van der Waals surface area (Å²) < 4.78 is 0. The van der Waals surface area contributed by atoms with Crippen molar-refractivity contribution in [2.45, 2.75) is 38.8 Å². The molecule has 218 valence electrons. The maximum atomic E-state index is 13.6. The first-order chi connectivity index (χ1) is 20.9. The van der Waals surface area contributed by atoms with Gasteiger partial charge < -0.3 is 21.7 Å². The number of para-hydroxylation sites is 2. The van der Waals surface area contributed by atoms with Gasteiger partial charge >= 0.3 is 0 Å². The molecule has 0 saturated carbocycles. The van der Waals surface area contributed by atoms with Crippen LogP contribution in [0.2, 0.25) is 0 Å². The molecule has 7 nitrogen and oxygen atoms in total. The van der Waals surface area contributed by atoms with E-state index in [0.29, 0.717) is 23.4 Å².